The predicted octanol–water partition coefficient (Wildman–Crippen LogP) is 12.6. The van der Waals surface area contributed by atoms with Crippen LogP contribution in [0.3, 0.4) is 0 Å². The minimum absolute atomic E-state index is 0.321. The van der Waals surface area contributed by atoms with Crippen LogP contribution in [-0.2, 0) is 5.41 Å². The quantitative estimate of drug-likeness (QED) is 0.266. The molecule has 0 aromatic heterocycles. The fourth-order valence-corrected chi connectivity index (χ4v) is 6.26. The van der Waals surface area contributed by atoms with Gasteiger partial charge >= 0.3 is 0 Å². The standard InChI is InChI=1S/C28H38.C9H15N.C4H8/c1-4-9-23-13-15-25(16-14-23)26-17-19-27(20-18-26)28(3,21-5-2)22-8-12-24-10-6-7-11-24;1-7-4-5-9(10-3)6-8(7)2;1-3-4-2/h4,9,13-20,24H,5-8,10-12,21-22H2,1-3H3;6,10H,4-5H2,1-3H3;3H,1,4H2,2H3/b9-4-;;. The summed E-state index contributed by atoms with van der Waals surface area (Å²) in [6.07, 6.45) is 24.4. The molecule has 2 aromatic carbocycles. The van der Waals surface area contributed by atoms with Crippen LogP contribution in [0, 0.1) is 5.92 Å². The highest BCUT2D eigenvalue weighted by Crippen LogP contribution is 2.37. The molecule has 4 rings (SSSR count). The van der Waals surface area contributed by atoms with E-state index in [2.05, 4.69) is 120 Å². The lowest BCUT2D eigenvalue weighted by atomic mass is 9.74. The second kappa shape index (κ2) is 19.4. The third-order valence-corrected chi connectivity index (χ3v) is 9.25. The molecule has 42 heavy (non-hydrogen) atoms. The molecule has 1 atom stereocenters. The number of hydrogen-bond donors (Lipinski definition) is 1. The van der Waals surface area contributed by atoms with Gasteiger partial charge in [0.05, 0.1) is 0 Å². The topological polar surface area (TPSA) is 12.0 Å². The van der Waals surface area contributed by atoms with Crippen LogP contribution in [0.5, 0.6) is 0 Å². The van der Waals surface area contributed by atoms with Gasteiger partial charge in [-0.25, -0.2) is 0 Å². The van der Waals surface area contributed by atoms with Crippen LogP contribution < -0.4 is 5.32 Å². The van der Waals surface area contributed by atoms with Crippen LogP contribution in [0.25, 0.3) is 17.2 Å². The Labute approximate surface area is 260 Å². The molecule has 0 radical (unpaired) electrons. The highest BCUT2D eigenvalue weighted by atomic mass is 14.8. The number of benzene rings is 2. The maximum absolute atomic E-state index is 3.48. The van der Waals surface area contributed by atoms with E-state index in [4.69, 9.17) is 0 Å². The van der Waals surface area contributed by atoms with Gasteiger partial charge in [0.2, 0.25) is 0 Å². The van der Waals surface area contributed by atoms with E-state index in [9.17, 15) is 0 Å². The first-order chi connectivity index (χ1) is 20.3. The van der Waals surface area contributed by atoms with Crippen molar-refractivity contribution in [1.29, 1.82) is 0 Å². The van der Waals surface area contributed by atoms with E-state index in [1.165, 1.54) is 110 Å². The van der Waals surface area contributed by atoms with Crippen molar-refractivity contribution >= 4 is 6.08 Å². The van der Waals surface area contributed by atoms with Crippen LogP contribution >= 0.6 is 0 Å². The summed E-state index contributed by atoms with van der Waals surface area (Å²) in [6.45, 7) is 16.8. The van der Waals surface area contributed by atoms with Crippen LogP contribution in [0.1, 0.15) is 130 Å². The van der Waals surface area contributed by atoms with Crippen molar-refractivity contribution in [3.05, 3.63) is 101 Å². The van der Waals surface area contributed by atoms with Crippen LogP contribution in [0.15, 0.2) is 90.2 Å². The van der Waals surface area contributed by atoms with Crippen LogP contribution in [0.4, 0.5) is 0 Å². The maximum Gasteiger partial charge on any atom is 0.0110 e. The molecular formula is C41H61N. The molecule has 2 aliphatic rings. The Morgan fingerprint density at radius 1 is 0.905 bits per heavy atom. The van der Waals surface area contributed by atoms with Crippen molar-refractivity contribution in [2.75, 3.05) is 7.05 Å². The van der Waals surface area contributed by atoms with E-state index in [1.807, 2.05) is 13.1 Å². The smallest absolute Gasteiger partial charge is 0.0110 e. The van der Waals surface area contributed by atoms with Gasteiger partial charge in [0.25, 0.3) is 0 Å². The predicted molar refractivity (Wildman–Crippen MR) is 190 cm³/mol. The Balaban J connectivity index is 0.000000363. The second-order valence-electron chi connectivity index (χ2n) is 12.6. The van der Waals surface area contributed by atoms with Gasteiger partial charge in [-0.05, 0) is 92.5 Å². The monoisotopic (exact) mass is 567 g/mol. The Kier molecular flexibility index (Phi) is 16.4. The SMILES string of the molecule is C/C=C\c1ccc(-c2ccc(C(C)(CCC)CCCC3CCCC3)cc2)cc1.C=CCC.CNC1=CC(C)=C(C)CC1. The average molecular weight is 568 g/mol. The number of rotatable bonds is 11. The summed E-state index contributed by atoms with van der Waals surface area (Å²) in [5.41, 5.74) is 10.1. The highest BCUT2D eigenvalue weighted by Gasteiger charge is 2.26. The molecule has 1 N–H and O–H groups in total. The van der Waals surface area contributed by atoms with Crippen molar-refractivity contribution in [1.82, 2.24) is 5.32 Å². The van der Waals surface area contributed by atoms with Gasteiger partial charge in [-0.3, -0.25) is 0 Å². The molecule has 2 aromatic rings. The van der Waals surface area contributed by atoms with Crippen molar-refractivity contribution < 1.29 is 0 Å². The molecule has 0 heterocycles. The lowest BCUT2D eigenvalue weighted by Gasteiger charge is -2.31. The van der Waals surface area contributed by atoms with E-state index in [0.717, 1.165) is 12.3 Å². The van der Waals surface area contributed by atoms with E-state index in [1.54, 1.807) is 0 Å². The van der Waals surface area contributed by atoms with Gasteiger partial charge < -0.3 is 5.32 Å². The normalized spacial score (nSPS) is 16.6. The van der Waals surface area contributed by atoms with Crippen LogP contribution in [0.2, 0.25) is 0 Å². The summed E-state index contributed by atoms with van der Waals surface area (Å²) in [5, 5.41) is 3.18. The summed E-state index contributed by atoms with van der Waals surface area (Å²) in [6, 6.07) is 18.3. The largest absolute Gasteiger partial charge is 0.391 e. The van der Waals surface area contributed by atoms with Crippen molar-refractivity contribution in [3.8, 4) is 11.1 Å². The molecule has 0 spiro atoms. The maximum atomic E-state index is 3.48. The summed E-state index contributed by atoms with van der Waals surface area (Å²) in [4.78, 5) is 0. The van der Waals surface area contributed by atoms with Gasteiger partial charge in [0.1, 0.15) is 0 Å². The van der Waals surface area contributed by atoms with E-state index in [0.29, 0.717) is 5.41 Å². The minimum Gasteiger partial charge on any atom is -0.391 e. The molecule has 2 aliphatic carbocycles. The molecule has 0 saturated heterocycles. The summed E-state index contributed by atoms with van der Waals surface area (Å²) in [5.74, 6) is 1.01. The lowest BCUT2D eigenvalue weighted by Crippen LogP contribution is -2.22. The zero-order chi connectivity index (χ0) is 30.8. The second-order valence-corrected chi connectivity index (χ2v) is 12.6. The zero-order valence-electron chi connectivity index (χ0n) is 28.2. The Morgan fingerprint density at radius 2 is 1.50 bits per heavy atom. The summed E-state index contributed by atoms with van der Waals surface area (Å²) in [7, 11) is 1.99. The first-order valence-electron chi connectivity index (χ1n) is 16.8. The lowest BCUT2D eigenvalue weighted by molar-refractivity contribution is 0.356. The Hall–Kier alpha value is -2.80. The van der Waals surface area contributed by atoms with E-state index < -0.39 is 0 Å². The molecule has 230 valence electrons. The molecule has 0 aliphatic heterocycles. The van der Waals surface area contributed by atoms with Gasteiger partial charge in [-0.1, -0.05) is 144 Å². The fraction of sp³-hybridized carbons (Fsp3) is 0.512. The van der Waals surface area contributed by atoms with Gasteiger partial charge in [0.15, 0.2) is 0 Å². The molecule has 1 saturated carbocycles. The summed E-state index contributed by atoms with van der Waals surface area (Å²) >= 11 is 0. The van der Waals surface area contributed by atoms with Gasteiger partial charge in [0, 0.05) is 12.7 Å². The van der Waals surface area contributed by atoms with E-state index >= 15 is 0 Å². The molecule has 1 fully saturated rings. The van der Waals surface area contributed by atoms with Crippen LogP contribution in [-0.4, -0.2) is 7.05 Å². The van der Waals surface area contributed by atoms with Crippen molar-refractivity contribution in [2.45, 2.75) is 124 Å². The summed E-state index contributed by atoms with van der Waals surface area (Å²) < 4.78 is 0. The molecule has 1 heteroatoms. The number of hydrogen-bond acceptors (Lipinski definition) is 1. The van der Waals surface area contributed by atoms with Crippen molar-refractivity contribution in [2.24, 2.45) is 5.92 Å². The average Bonchev–Trinajstić information content (AvgIpc) is 3.53. The number of allylic oxidation sites excluding steroid dienone is 6. The first-order valence-corrected chi connectivity index (χ1v) is 16.8. The van der Waals surface area contributed by atoms with Gasteiger partial charge in [-0.2, -0.15) is 0 Å². The van der Waals surface area contributed by atoms with Gasteiger partial charge in [-0.15, -0.1) is 6.58 Å². The molecule has 0 amide bonds. The van der Waals surface area contributed by atoms with Crippen molar-refractivity contribution in [3.63, 3.8) is 0 Å². The molecule has 0 bridgehead atoms. The van der Waals surface area contributed by atoms with E-state index in [-0.39, 0.29) is 0 Å². The Morgan fingerprint density at radius 3 is 2.00 bits per heavy atom. The third kappa shape index (κ3) is 11.8. The molecule has 1 unspecified atom stereocenters. The number of nitrogens with one attached hydrogen (secondary N) is 1. The Bertz CT molecular complexity index is 1120. The zero-order valence-corrected chi connectivity index (χ0v) is 28.2. The first kappa shape index (κ1) is 35.4. The molecular weight excluding hydrogens is 506 g/mol. The minimum atomic E-state index is 0.321. The fourth-order valence-electron chi connectivity index (χ4n) is 6.26. The molecule has 1 nitrogen and oxygen atoms in total. The highest BCUT2D eigenvalue weighted by molar-refractivity contribution is 5.66. The third-order valence-electron chi connectivity index (χ3n) is 9.25.